The maximum absolute atomic E-state index is 12.5. The summed E-state index contributed by atoms with van der Waals surface area (Å²) in [4.78, 5) is 26.0. The van der Waals surface area contributed by atoms with Crippen LogP contribution in [0.15, 0.2) is 42.5 Å². The fourth-order valence-corrected chi connectivity index (χ4v) is 2.29. The molecule has 0 fully saturated rings. The van der Waals surface area contributed by atoms with E-state index >= 15 is 0 Å². The van der Waals surface area contributed by atoms with Gasteiger partial charge < -0.3 is 15.0 Å². The predicted molar refractivity (Wildman–Crippen MR) is 90.2 cm³/mol. The molecule has 0 bridgehead atoms. The number of hydrogen-bond donors (Lipinski definition) is 1. The van der Waals surface area contributed by atoms with Gasteiger partial charge in [0.05, 0.1) is 5.56 Å². The molecule has 0 atom stereocenters. The second kappa shape index (κ2) is 7.74. The molecule has 0 unspecified atom stereocenters. The molecule has 0 heterocycles. The van der Waals surface area contributed by atoms with Crippen molar-refractivity contribution in [1.29, 1.82) is 0 Å². The minimum Gasteiger partial charge on any atom is -0.434 e. The van der Waals surface area contributed by atoms with Crippen molar-refractivity contribution in [3.8, 4) is 5.75 Å². The average Bonchev–Trinajstić information content (AvgIpc) is 2.56. The SMILES string of the molecule is Cc1c(NC(=O)c2ccccc2OC(F)F)cccc1C(=O)N(C)C. The molecule has 0 aromatic heterocycles. The summed E-state index contributed by atoms with van der Waals surface area (Å²) < 4.78 is 29.3. The van der Waals surface area contributed by atoms with E-state index in [1.807, 2.05) is 0 Å². The molecule has 0 radical (unpaired) electrons. The van der Waals surface area contributed by atoms with E-state index in [0.717, 1.165) is 0 Å². The number of amides is 2. The van der Waals surface area contributed by atoms with Gasteiger partial charge in [-0.2, -0.15) is 8.78 Å². The first-order chi connectivity index (χ1) is 11.8. The van der Waals surface area contributed by atoms with Gasteiger partial charge in [0.2, 0.25) is 0 Å². The van der Waals surface area contributed by atoms with Crippen LogP contribution in [0.3, 0.4) is 0 Å². The third kappa shape index (κ3) is 4.32. The minimum absolute atomic E-state index is 0.0217. The average molecular weight is 348 g/mol. The van der Waals surface area contributed by atoms with Crippen molar-refractivity contribution in [3.63, 3.8) is 0 Å². The van der Waals surface area contributed by atoms with Crippen LogP contribution in [0.4, 0.5) is 14.5 Å². The highest BCUT2D eigenvalue weighted by molar-refractivity contribution is 6.07. The lowest BCUT2D eigenvalue weighted by molar-refractivity contribution is -0.0501. The summed E-state index contributed by atoms with van der Waals surface area (Å²) in [6, 6.07) is 10.7. The maximum atomic E-state index is 12.5. The topological polar surface area (TPSA) is 58.6 Å². The molecular weight excluding hydrogens is 330 g/mol. The van der Waals surface area contributed by atoms with Gasteiger partial charge in [-0.25, -0.2) is 0 Å². The molecule has 0 saturated heterocycles. The van der Waals surface area contributed by atoms with E-state index in [1.54, 1.807) is 45.3 Å². The van der Waals surface area contributed by atoms with E-state index in [9.17, 15) is 18.4 Å². The van der Waals surface area contributed by atoms with Crippen LogP contribution in [0.5, 0.6) is 5.75 Å². The normalized spacial score (nSPS) is 10.5. The summed E-state index contributed by atoms with van der Waals surface area (Å²) in [5.74, 6) is -1.02. The van der Waals surface area contributed by atoms with Gasteiger partial charge >= 0.3 is 6.61 Å². The Morgan fingerprint density at radius 3 is 2.32 bits per heavy atom. The van der Waals surface area contributed by atoms with Gasteiger partial charge in [-0.1, -0.05) is 18.2 Å². The molecule has 0 aliphatic rings. The first-order valence-corrected chi connectivity index (χ1v) is 7.47. The Bertz CT molecular complexity index is 792. The van der Waals surface area contributed by atoms with Crippen LogP contribution in [0.25, 0.3) is 0 Å². The standard InChI is InChI=1S/C18H18F2N2O3/c1-11-12(17(24)22(2)3)8-6-9-14(11)21-16(23)13-7-4-5-10-15(13)25-18(19)20/h4-10,18H,1-3H3,(H,21,23). The number of para-hydroxylation sites is 1. The molecule has 0 spiro atoms. The van der Waals surface area contributed by atoms with E-state index in [4.69, 9.17) is 0 Å². The maximum Gasteiger partial charge on any atom is 0.387 e. The quantitative estimate of drug-likeness (QED) is 0.899. The number of halogens is 2. The molecule has 2 aromatic carbocycles. The van der Waals surface area contributed by atoms with Gasteiger partial charge in [0, 0.05) is 25.3 Å². The molecule has 132 valence electrons. The zero-order valence-electron chi connectivity index (χ0n) is 14.0. The lowest BCUT2D eigenvalue weighted by Gasteiger charge is -2.16. The van der Waals surface area contributed by atoms with Crippen molar-refractivity contribution in [2.75, 3.05) is 19.4 Å². The third-order valence-electron chi connectivity index (χ3n) is 3.57. The molecule has 0 aliphatic carbocycles. The Hall–Kier alpha value is -2.96. The second-order valence-corrected chi connectivity index (χ2v) is 5.51. The van der Waals surface area contributed by atoms with Crippen molar-refractivity contribution < 1.29 is 23.1 Å². The number of alkyl halides is 2. The fourth-order valence-electron chi connectivity index (χ4n) is 2.29. The van der Waals surface area contributed by atoms with E-state index in [2.05, 4.69) is 10.1 Å². The Morgan fingerprint density at radius 1 is 1.04 bits per heavy atom. The first-order valence-electron chi connectivity index (χ1n) is 7.47. The van der Waals surface area contributed by atoms with Crippen LogP contribution in [-0.4, -0.2) is 37.4 Å². The lowest BCUT2D eigenvalue weighted by Crippen LogP contribution is -2.23. The van der Waals surface area contributed by atoms with Crippen LogP contribution in [-0.2, 0) is 0 Å². The number of ether oxygens (including phenoxy) is 1. The van der Waals surface area contributed by atoms with E-state index < -0.39 is 12.5 Å². The summed E-state index contributed by atoms with van der Waals surface area (Å²) in [6.45, 7) is -1.33. The summed E-state index contributed by atoms with van der Waals surface area (Å²) in [5.41, 5.74) is 1.43. The molecule has 7 heteroatoms. The van der Waals surface area contributed by atoms with Crippen molar-refractivity contribution in [3.05, 3.63) is 59.2 Å². The van der Waals surface area contributed by atoms with Crippen molar-refractivity contribution in [1.82, 2.24) is 4.90 Å². The third-order valence-corrected chi connectivity index (χ3v) is 3.57. The summed E-state index contributed by atoms with van der Waals surface area (Å²) in [5, 5.41) is 2.64. The van der Waals surface area contributed by atoms with Crippen LogP contribution < -0.4 is 10.1 Å². The van der Waals surface area contributed by atoms with E-state index in [1.165, 1.54) is 23.1 Å². The highest BCUT2D eigenvalue weighted by Gasteiger charge is 2.18. The molecule has 2 amide bonds. The van der Waals surface area contributed by atoms with Crippen molar-refractivity contribution >= 4 is 17.5 Å². The number of carbonyl (C=O) groups excluding carboxylic acids is 2. The smallest absolute Gasteiger partial charge is 0.387 e. The molecule has 0 saturated carbocycles. The van der Waals surface area contributed by atoms with Crippen molar-refractivity contribution in [2.24, 2.45) is 0 Å². The number of hydrogen-bond acceptors (Lipinski definition) is 3. The number of rotatable bonds is 5. The Morgan fingerprint density at radius 2 is 1.68 bits per heavy atom. The predicted octanol–water partition coefficient (Wildman–Crippen LogP) is 3.55. The number of benzene rings is 2. The number of anilines is 1. The van der Waals surface area contributed by atoms with E-state index in [-0.39, 0.29) is 17.2 Å². The molecule has 5 nitrogen and oxygen atoms in total. The van der Waals surface area contributed by atoms with Gasteiger partial charge in [0.1, 0.15) is 5.75 Å². The molecule has 2 aromatic rings. The Kier molecular flexibility index (Phi) is 5.69. The van der Waals surface area contributed by atoms with Crippen LogP contribution >= 0.6 is 0 Å². The Labute approximate surface area is 144 Å². The summed E-state index contributed by atoms with van der Waals surface area (Å²) in [6.07, 6.45) is 0. The zero-order chi connectivity index (χ0) is 18.6. The highest BCUT2D eigenvalue weighted by atomic mass is 19.3. The van der Waals surface area contributed by atoms with Gasteiger partial charge in [-0.15, -0.1) is 0 Å². The number of nitrogens with zero attached hydrogens (tertiary/aromatic N) is 1. The second-order valence-electron chi connectivity index (χ2n) is 5.51. The van der Waals surface area contributed by atoms with Crippen molar-refractivity contribution in [2.45, 2.75) is 13.5 Å². The monoisotopic (exact) mass is 348 g/mol. The largest absolute Gasteiger partial charge is 0.434 e. The molecule has 25 heavy (non-hydrogen) atoms. The van der Waals surface area contributed by atoms with Gasteiger partial charge in [0.15, 0.2) is 0 Å². The molecule has 1 N–H and O–H groups in total. The van der Waals surface area contributed by atoms with Crippen LogP contribution in [0.2, 0.25) is 0 Å². The molecular formula is C18H18F2N2O3. The Balaban J connectivity index is 2.31. The van der Waals surface area contributed by atoms with Crippen LogP contribution in [0, 0.1) is 6.92 Å². The van der Waals surface area contributed by atoms with Gasteiger partial charge in [-0.3, -0.25) is 9.59 Å². The number of nitrogens with one attached hydrogen (secondary N) is 1. The molecule has 2 rings (SSSR count). The molecule has 0 aliphatic heterocycles. The van der Waals surface area contributed by atoms with E-state index in [0.29, 0.717) is 16.8 Å². The number of carbonyl (C=O) groups is 2. The highest BCUT2D eigenvalue weighted by Crippen LogP contribution is 2.24. The fraction of sp³-hybridized carbons (Fsp3) is 0.222. The van der Waals surface area contributed by atoms with Gasteiger partial charge in [0.25, 0.3) is 11.8 Å². The first kappa shape index (κ1) is 18.4. The summed E-state index contributed by atoms with van der Waals surface area (Å²) >= 11 is 0. The minimum atomic E-state index is -3.03. The van der Waals surface area contributed by atoms with Gasteiger partial charge in [-0.05, 0) is 36.8 Å². The summed E-state index contributed by atoms with van der Waals surface area (Å²) in [7, 11) is 3.26. The zero-order valence-corrected chi connectivity index (χ0v) is 14.0. The van der Waals surface area contributed by atoms with Crippen LogP contribution in [0.1, 0.15) is 26.3 Å². The lowest BCUT2D eigenvalue weighted by atomic mass is 10.1.